The van der Waals surface area contributed by atoms with Gasteiger partial charge in [0, 0.05) is 6.61 Å². The second-order valence-electron chi connectivity index (χ2n) is 8.74. The molecule has 0 aromatic heterocycles. The number of aliphatic hydroxyl groups is 2. The smallest absolute Gasteiger partial charge is 0.0540 e. The lowest BCUT2D eigenvalue weighted by Crippen LogP contribution is -2.16. The van der Waals surface area contributed by atoms with Crippen molar-refractivity contribution in [1.29, 1.82) is 0 Å². The highest BCUT2D eigenvalue weighted by molar-refractivity contribution is 4.67. The molecule has 0 fully saturated rings. The summed E-state index contributed by atoms with van der Waals surface area (Å²) in [5.41, 5.74) is 0.507. The van der Waals surface area contributed by atoms with Crippen LogP contribution in [0, 0.1) is 10.8 Å². The highest BCUT2D eigenvalue weighted by Gasteiger charge is 2.15. The second kappa shape index (κ2) is 10.6. The highest BCUT2D eigenvalue weighted by atomic mass is 16.3. The first-order valence-corrected chi connectivity index (χ1v) is 8.95. The van der Waals surface area contributed by atoms with E-state index in [1.807, 2.05) is 0 Å². The van der Waals surface area contributed by atoms with Crippen LogP contribution in [0.1, 0.15) is 98.8 Å². The van der Waals surface area contributed by atoms with E-state index in [9.17, 15) is 10.2 Å². The fourth-order valence-corrected chi connectivity index (χ4v) is 2.60. The summed E-state index contributed by atoms with van der Waals surface area (Å²) in [6.45, 7) is 11.4. The molecule has 0 aliphatic carbocycles. The van der Waals surface area contributed by atoms with Crippen molar-refractivity contribution < 1.29 is 10.2 Å². The molecule has 1 unspecified atom stereocenters. The van der Waals surface area contributed by atoms with E-state index < -0.39 is 0 Å². The van der Waals surface area contributed by atoms with Gasteiger partial charge in [0.1, 0.15) is 0 Å². The summed E-state index contributed by atoms with van der Waals surface area (Å²) in [5.74, 6) is 0. The molecular weight excluding hydrogens is 260 g/mol. The number of unbranched alkanes of at least 4 members (excludes halogenated alkanes) is 4. The lowest BCUT2D eigenvalue weighted by atomic mass is 9.87. The van der Waals surface area contributed by atoms with Crippen molar-refractivity contribution in [3.63, 3.8) is 0 Å². The molecule has 0 spiro atoms. The molecular formula is C19H40O2. The number of hydrogen-bond donors (Lipinski definition) is 2. The van der Waals surface area contributed by atoms with Gasteiger partial charge in [0.05, 0.1) is 6.10 Å². The van der Waals surface area contributed by atoms with Gasteiger partial charge in [-0.3, -0.25) is 0 Å². The molecule has 0 bridgehead atoms. The van der Waals surface area contributed by atoms with Crippen LogP contribution >= 0.6 is 0 Å². The van der Waals surface area contributed by atoms with Gasteiger partial charge in [-0.05, 0) is 36.5 Å². The van der Waals surface area contributed by atoms with Crippen molar-refractivity contribution in [1.82, 2.24) is 0 Å². The molecule has 21 heavy (non-hydrogen) atoms. The Morgan fingerprint density at radius 3 is 1.62 bits per heavy atom. The summed E-state index contributed by atoms with van der Waals surface area (Å²) in [6, 6.07) is 0. The summed E-state index contributed by atoms with van der Waals surface area (Å²) in [4.78, 5) is 0. The molecule has 0 radical (unpaired) electrons. The summed E-state index contributed by atoms with van der Waals surface area (Å²) in [6.07, 6.45) is 11.3. The second-order valence-corrected chi connectivity index (χ2v) is 8.74. The summed E-state index contributed by atoms with van der Waals surface area (Å²) >= 11 is 0. The average Bonchev–Trinajstić information content (AvgIpc) is 2.36. The predicted molar refractivity (Wildman–Crippen MR) is 92.5 cm³/mol. The monoisotopic (exact) mass is 300 g/mol. The Hall–Kier alpha value is -0.0800. The van der Waals surface area contributed by atoms with Crippen molar-refractivity contribution in [3.05, 3.63) is 0 Å². The van der Waals surface area contributed by atoms with E-state index >= 15 is 0 Å². The van der Waals surface area contributed by atoms with Gasteiger partial charge in [-0.25, -0.2) is 0 Å². The minimum atomic E-state index is -0.106. The van der Waals surface area contributed by atoms with Gasteiger partial charge in [-0.2, -0.15) is 0 Å². The Bertz CT molecular complexity index is 240. The molecule has 2 N–H and O–H groups in total. The molecule has 0 heterocycles. The zero-order valence-corrected chi connectivity index (χ0v) is 15.2. The van der Waals surface area contributed by atoms with Gasteiger partial charge >= 0.3 is 0 Å². The number of hydrogen-bond acceptors (Lipinski definition) is 2. The Balaban J connectivity index is 3.41. The van der Waals surface area contributed by atoms with Crippen LogP contribution in [-0.4, -0.2) is 22.9 Å². The van der Waals surface area contributed by atoms with E-state index in [4.69, 9.17) is 0 Å². The van der Waals surface area contributed by atoms with Crippen LogP contribution in [0.25, 0.3) is 0 Å². The molecule has 128 valence electrons. The van der Waals surface area contributed by atoms with Crippen LogP contribution in [0.5, 0.6) is 0 Å². The Morgan fingerprint density at radius 2 is 1.19 bits per heavy atom. The lowest BCUT2D eigenvalue weighted by Gasteiger charge is -2.21. The van der Waals surface area contributed by atoms with Crippen LogP contribution < -0.4 is 0 Å². The molecule has 0 rings (SSSR count). The Kier molecular flexibility index (Phi) is 10.6. The summed E-state index contributed by atoms with van der Waals surface area (Å²) in [5, 5.41) is 19.2. The van der Waals surface area contributed by atoms with Gasteiger partial charge in [-0.1, -0.05) is 73.1 Å². The molecule has 0 aromatic carbocycles. The third-order valence-corrected chi connectivity index (χ3v) is 4.28. The van der Waals surface area contributed by atoms with Gasteiger partial charge in [0.2, 0.25) is 0 Å². The maximum absolute atomic E-state index is 9.97. The van der Waals surface area contributed by atoms with E-state index in [0.29, 0.717) is 5.41 Å². The Morgan fingerprint density at radius 1 is 0.714 bits per heavy atom. The molecule has 0 aliphatic rings. The van der Waals surface area contributed by atoms with E-state index in [0.717, 1.165) is 38.5 Å². The third-order valence-electron chi connectivity index (χ3n) is 4.28. The van der Waals surface area contributed by atoms with Gasteiger partial charge < -0.3 is 10.2 Å². The highest BCUT2D eigenvalue weighted by Crippen LogP contribution is 2.24. The summed E-state index contributed by atoms with van der Waals surface area (Å²) in [7, 11) is 0. The standard InChI is InChI=1S/C19H40O2/c1-18(2,3)14-10-6-8-12-17(21)13-9-7-11-15-19(4,5)16-20/h17,20-21H,6-16H2,1-5H3. The van der Waals surface area contributed by atoms with Gasteiger partial charge in [0.25, 0.3) is 0 Å². The minimum absolute atomic E-state index is 0.0612. The van der Waals surface area contributed by atoms with E-state index in [2.05, 4.69) is 34.6 Å². The molecule has 0 aromatic rings. The summed E-state index contributed by atoms with van der Waals surface area (Å²) < 4.78 is 0. The molecule has 0 amide bonds. The maximum Gasteiger partial charge on any atom is 0.0540 e. The molecule has 1 atom stereocenters. The zero-order valence-electron chi connectivity index (χ0n) is 15.2. The fourth-order valence-electron chi connectivity index (χ4n) is 2.60. The van der Waals surface area contributed by atoms with Crippen LogP contribution in [0.3, 0.4) is 0 Å². The zero-order chi connectivity index (χ0) is 16.4. The quantitative estimate of drug-likeness (QED) is 0.479. The van der Waals surface area contributed by atoms with Crippen molar-refractivity contribution in [2.75, 3.05) is 6.61 Å². The van der Waals surface area contributed by atoms with Crippen LogP contribution in [0.2, 0.25) is 0 Å². The maximum atomic E-state index is 9.97. The van der Waals surface area contributed by atoms with Gasteiger partial charge in [0.15, 0.2) is 0 Å². The first-order valence-electron chi connectivity index (χ1n) is 8.95. The Labute approximate surface area is 133 Å². The largest absolute Gasteiger partial charge is 0.396 e. The minimum Gasteiger partial charge on any atom is -0.396 e. The fraction of sp³-hybridized carbons (Fsp3) is 1.00. The molecule has 2 heteroatoms. The van der Waals surface area contributed by atoms with Crippen molar-refractivity contribution >= 4 is 0 Å². The number of aliphatic hydroxyl groups excluding tert-OH is 2. The molecule has 0 aliphatic heterocycles. The normalized spacial score (nSPS) is 14.4. The van der Waals surface area contributed by atoms with E-state index in [1.165, 1.54) is 25.7 Å². The molecule has 0 saturated carbocycles. The predicted octanol–water partition coefficient (Wildman–Crippen LogP) is 5.31. The van der Waals surface area contributed by atoms with E-state index in [-0.39, 0.29) is 18.1 Å². The van der Waals surface area contributed by atoms with E-state index in [1.54, 1.807) is 0 Å². The van der Waals surface area contributed by atoms with Crippen LogP contribution in [-0.2, 0) is 0 Å². The number of rotatable bonds is 12. The van der Waals surface area contributed by atoms with Crippen molar-refractivity contribution in [3.8, 4) is 0 Å². The first-order chi connectivity index (χ1) is 9.66. The van der Waals surface area contributed by atoms with Crippen molar-refractivity contribution in [2.24, 2.45) is 10.8 Å². The van der Waals surface area contributed by atoms with Crippen molar-refractivity contribution in [2.45, 2.75) is 105 Å². The molecule has 0 saturated heterocycles. The van der Waals surface area contributed by atoms with Gasteiger partial charge in [-0.15, -0.1) is 0 Å². The lowest BCUT2D eigenvalue weighted by molar-refractivity contribution is 0.138. The third kappa shape index (κ3) is 14.6. The SMILES string of the molecule is CC(C)(C)CCCCCC(O)CCCCCC(C)(C)CO. The molecule has 2 nitrogen and oxygen atoms in total. The first kappa shape index (κ1) is 20.9. The average molecular weight is 301 g/mol. The van der Waals surface area contributed by atoms with Crippen LogP contribution in [0.15, 0.2) is 0 Å². The van der Waals surface area contributed by atoms with Crippen LogP contribution in [0.4, 0.5) is 0 Å². The topological polar surface area (TPSA) is 40.5 Å².